The molecule has 0 saturated heterocycles. The van der Waals surface area contributed by atoms with Gasteiger partial charge in [0, 0.05) is 0 Å². The summed E-state index contributed by atoms with van der Waals surface area (Å²) in [7, 11) is 0. The fourth-order valence-electron chi connectivity index (χ4n) is 1.63. The fourth-order valence-corrected chi connectivity index (χ4v) is 1.63. The van der Waals surface area contributed by atoms with Crippen molar-refractivity contribution in [1.29, 1.82) is 0 Å². The van der Waals surface area contributed by atoms with E-state index in [1.807, 2.05) is 0 Å². The average molecular weight is 162 g/mol. The summed E-state index contributed by atoms with van der Waals surface area (Å²) in [4.78, 5) is 0. The molecule has 0 fully saturated rings. The van der Waals surface area contributed by atoms with Crippen molar-refractivity contribution < 1.29 is 0 Å². The largest absolute Gasteiger partial charge is 0.0842 e. The van der Waals surface area contributed by atoms with Crippen LogP contribution in [0.25, 0.3) is 0 Å². The number of hydrogen-bond donors (Lipinski definition) is 0. The van der Waals surface area contributed by atoms with Gasteiger partial charge in [-0.15, -0.1) is 0 Å². The minimum atomic E-state index is 1.16. The van der Waals surface area contributed by atoms with Crippen LogP contribution in [0.2, 0.25) is 0 Å². The predicted molar refractivity (Wildman–Crippen MR) is 55.1 cm³/mol. The lowest BCUT2D eigenvalue weighted by Crippen LogP contribution is -1.94. The maximum atomic E-state index is 2.28. The van der Waals surface area contributed by atoms with Gasteiger partial charge in [0.15, 0.2) is 0 Å². The standard InChI is InChI=1S/C12H18/c1-4-11(5-2)12-8-6-10(3)7-9-12/h4,6,8H,5,7,9H2,1-3H3/b11-4+. The van der Waals surface area contributed by atoms with E-state index in [1.54, 1.807) is 0 Å². The molecule has 0 heteroatoms. The molecular weight excluding hydrogens is 144 g/mol. The molecule has 0 N–H and O–H groups in total. The lowest BCUT2D eigenvalue weighted by atomic mass is 9.92. The normalized spacial score (nSPS) is 18.8. The van der Waals surface area contributed by atoms with Gasteiger partial charge < -0.3 is 0 Å². The van der Waals surface area contributed by atoms with E-state index in [1.165, 1.54) is 29.6 Å². The van der Waals surface area contributed by atoms with Crippen LogP contribution in [-0.4, -0.2) is 0 Å². The van der Waals surface area contributed by atoms with E-state index >= 15 is 0 Å². The Morgan fingerprint density at radius 3 is 2.58 bits per heavy atom. The van der Waals surface area contributed by atoms with Crippen LogP contribution in [0, 0.1) is 0 Å². The second-order valence-corrected chi connectivity index (χ2v) is 3.37. The Kier molecular flexibility index (Phi) is 3.33. The van der Waals surface area contributed by atoms with E-state index in [-0.39, 0.29) is 0 Å². The van der Waals surface area contributed by atoms with Gasteiger partial charge in [0.1, 0.15) is 0 Å². The molecule has 1 aliphatic rings. The summed E-state index contributed by atoms with van der Waals surface area (Å²) in [5, 5.41) is 0. The summed E-state index contributed by atoms with van der Waals surface area (Å²) < 4.78 is 0. The monoisotopic (exact) mass is 162 g/mol. The second-order valence-electron chi connectivity index (χ2n) is 3.37. The molecule has 0 spiro atoms. The molecule has 0 radical (unpaired) electrons. The van der Waals surface area contributed by atoms with Gasteiger partial charge in [-0.1, -0.05) is 30.7 Å². The molecular formula is C12H18. The minimum Gasteiger partial charge on any atom is -0.0842 e. The highest BCUT2D eigenvalue weighted by Crippen LogP contribution is 2.25. The summed E-state index contributed by atoms with van der Waals surface area (Å²) in [5.74, 6) is 0. The highest BCUT2D eigenvalue weighted by Gasteiger charge is 2.05. The first-order valence-corrected chi connectivity index (χ1v) is 4.79. The Labute approximate surface area is 75.7 Å². The first kappa shape index (κ1) is 9.31. The van der Waals surface area contributed by atoms with E-state index in [0.29, 0.717) is 0 Å². The molecule has 0 amide bonds. The van der Waals surface area contributed by atoms with E-state index in [2.05, 4.69) is 39.0 Å². The molecule has 0 heterocycles. The van der Waals surface area contributed by atoms with Crippen molar-refractivity contribution in [2.24, 2.45) is 0 Å². The molecule has 0 nitrogen and oxygen atoms in total. The van der Waals surface area contributed by atoms with E-state index < -0.39 is 0 Å². The molecule has 12 heavy (non-hydrogen) atoms. The Morgan fingerprint density at radius 2 is 2.17 bits per heavy atom. The van der Waals surface area contributed by atoms with Crippen molar-refractivity contribution in [3.8, 4) is 0 Å². The molecule has 0 bridgehead atoms. The van der Waals surface area contributed by atoms with Crippen LogP contribution in [0.1, 0.15) is 40.0 Å². The summed E-state index contributed by atoms with van der Waals surface area (Å²) in [6.45, 7) is 6.56. The zero-order valence-electron chi connectivity index (χ0n) is 8.35. The topological polar surface area (TPSA) is 0 Å². The first-order valence-electron chi connectivity index (χ1n) is 4.79. The molecule has 66 valence electrons. The molecule has 1 rings (SSSR count). The molecule has 0 aliphatic heterocycles. The second kappa shape index (κ2) is 4.30. The molecule has 0 aromatic carbocycles. The molecule has 0 saturated carbocycles. The molecule has 0 aromatic heterocycles. The zero-order valence-corrected chi connectivity index (χ0v) is 8.35. The van der Waals surface area contributed by atoms with Gasteiger partial charge in [0.2, 0.25) is 0 Å². The number of hydrogen-bond acceptors (Lipinski definition) is 0. The fraction of sp³-hybridized carbons (Fsp3) is 0.500. The maximum Gasteiger partial charge on any atom is -0.0239 e. The maximum absolute atomic E-state index is 2.28. The summed E-state index contributed by atoms with van der Waals surface area (Å²) in [5.41, 5.74) is 4.55. The number of allylic oxidation sites excluding steroid dienone is 6. The van der Waals surface area contributed by atoms with Crippen LogP contribution in [0.5, 0.6) is 0 Å². The van der Waals surface area contributed by atoms with Crippen molar-refractivity contribution in [2.75, 3.05) is 0 Å². The first-order chi connectivity index (χ1) is 5.77. The Bertz CT molecular complexity index is 239. The van der Waals surface area contributed by atoms with Crippen LogP contribution in [0.4, 0.5) is 0 Å². The minimum absolute atomic E-state index is 1.16. The Hall–Kier alpha value is -0.780. The Morgan fingerprint density at radius 1 is 1.42 bits per heavy atom. The van der Waals surface area contributed by atoms with Gasteiger partial charge >= 0.3 is 0 Å². The van der Waals surface area contributed by atoms with Crippen molar-refractivity contribution in [3.63, 3.8) is 0 Å². The smallest absolute Gasteiger partial charge is 0.0239 e. The molecule has 0 atom stereocenters. The zero-order chi connectivity index (χ0) is 8.97. The van der Waals surface area contributed by atoms with Crippen LogP contribution in [-0.2, 0) is 0 Å². The summed E-state index contributed by atoms with van der Waals surface area (Å²) in [6.07, 6.45) is 10.4. The average Bonchev–Trinajstić information content (AvgIpc) is 2.10. The third-order valence-corrected chi connectivity index (χ3v) is 2.50. The third kappa shape index (κ3) is 2.10. The highest BCUT2D eigenvalue weighted by atomic mass is 14.1. The van der Waals surface area contributed by atoms with E-state index in [0.717, 1.165) is 6.42 Å². The van der Waals surface area contributed by atoms with Crippen LogP contribution in [0.15, 0.2) is 34.9 Å². The van der Waals surface area contributed by atoms with Gasteiger partial charge in [-0.3, -0.25) is 0 Å². The van der Waals surface area contributed by atoms with E-state index in [9.17, 15) is 0 Å². The summed E-state index contributed by atoms with van der Waals surface area (Å²) in [6, 6.07) is 0. The van der Waals surface area contributed by atoms with Gasteiger partial charge in [0.25, 0.3) is 0 Å². The molecule has 0 aromatic rings. The molecule has 0 unspecified atom stereocenters. The van der Waals surface area contributed by atoms with Crippen molar-refractivity contribution in [3.05, 3.63) is 34.9 Å². The lowest BCUT2D eigenvalue weighted by Gasteiger charge is -2.13. The Balaban J connectivity index is 2.77. The van der Waals surface area contributed by atoms with Gasteiger partial charge in [-0.25, -0.2) is 0 Å². The van der Waals surface area contributed by atoms with Gasteiger partial charge in [-0.2, -0.15) is 0 Å². The third-order valence-electron chi connectivity index (χ3n) is 2.50. The van der Waals surface area contributed by atoms with Crippen molar-refractivity contribution in [2.45, 2.75) is 40.0 Å². The quantitative estimate of drug-likeness (QED) is 0.575. The lowest BCUT2D eigenvalue weighted by molar-refractivity contribution is 0.892. The SMILES string of the molecule is C/C=C(\CC)C1=CC=C(C)CC1. The van der Waals surface area contributed by atoms with Crippen molar-refractivity contribution in [1.82, 2.24) is 0 Å². The van der Waals surface area contributed by atoms with Crippen LogP contribution < -0.4 is 0 Å². The van der Waals surface area contributed by atoms with Crippen molar-refractivity contribution >= 4 is 0 Å². The summed E-state index contributed by atoms with van der Waals surface area (Å²) >= 11 is 0. The van der Waals surface area contributed by atoms with Gasteiger partial charge in [0.05, 0.1) is 0 Å². The number of rotatable bonds is 2. The van der Waals surface area contributed by atoms with Crippen LogP contribution >= 0.6 is 0 Å². The van der Waals surface area contributed by atoms with E-state index in [4.69, 9.17) is 0 Å². The highest BCUT2D eigenvalue weighted by molar-refractivity contribution is 5.37. The molecule has 1 aliphatic carbocycles. The predicted octanol–water partition coefficient (Wildman–Crippen LogP) is 4.01. The van der Waals surface area contributed by atoms with Gasteiger partial charge in [-0.05, 0) is 44.3 Å². The van der Waals surface area contributed by atoms with Crippen LogP contribution in [0.3, 0.4) is 0 Å².